The molecule has 0 aliphatic heterocycles. The van der Waals surface area contributed by atoms with Crippen molar-refractivity contribution in [3.8, 4) is 0 Å². The van der Waals surface area contributed by atoms with Crippen molar-refractivity contribution in [3.63, 3.8) is 0 Å². The number of nitrogens with zero attached hydrogens (tertiary/aromatic N) is 1. The number of hydrogen-bond acceptors (Lipinski definition) is 2. The average Bonchev–Trinajstić information content (AvgIpc) is 2.16. The summed E-state index contributed by atoms with van der Waals surface area (Å²) in [5.41, 5.74) is -0.371. The van der Waals surface area contributed by atoms with Gasteiger partial charge in [-0.2, -0.15) is 0 Å². The molecule has 4 heteroatoms. The Bertz CT molecular complexity index is 262. The lowest BCUT2D eigenvalue weighted by Gasteiger charge is -2.42. The van der Waals surface area contributed by atoms with Crippen LogP contribution < -0.4 is 0 Å². The van der Waals surface area contributed by atoms with Crippen molar-refractivity contribution in [1.82, 2.24) is 4.90 Å². The Kier molecular flexibility index (Phi) is 3.94. The lowest BCUT2D eigenvalue weighted by atomic mass is 9.85. The predicted octanol–water partition coefficient (Wildman–Crippen LogP) is 2.52. The van der Waals surface area contributed by atoms with E-state index in [1.54, 1.807) is 0 Å². The van der Waals surface area contributed by atoms with Gasteiger partial charge in [0, 0.05) is 17.5 Å². The maximum Gasteiger partial charge on any atom is 0.407 e. The Hall–Kier alpha value is -1.06. The topological polar surface area (TPSA) is 57.6 Å². The zero-order valence-corrected chi connectivity index (χ0v) is 10.3. The number of hydrogen-bond donors (Lipinski definition) is 1. The summed E-state index contributed by atoms with van der Waals surface area (Å²) in [7, 11) is 0. The lowest BCUT2D eigenvalue weighted by molar-refractivity contribution is -0.112. The van der Waals surface area contributed by atoms with Crippen LogP contribution in [0, 0.1) is 5.92 Å². The maximum atomic E-state index is 11.3. The van der Waals surface area contributed by atoms with E-state index in [4.69, 9.17) is 0 Å². The summed E-state index contributed by atoms with van der Waals surface area (Å²) in [5, 5.41) is 9.24. The van der Waals surface area contributed by atoms with E-state index in [9.17, 15) is 14.7 Å². The minimum atomic E-state index is -0.859. The summed E-state index contributed by atoms with van der Waals surface area (Å²) in [5.74, 6) is 0.131. The molecule has 1 aliphatic carbocycles. The monoisotopic (exact) mass is 227 g/mol. The van der Waals surface area contributed by atoms with Gasteiger partial charge in [-0.15, -0.1) is 0 Å². The molecule has 0 saturated heterocycles. The SMILES string of the molecule is CC(C)(C)N(C(=O)O)[C@H]1CC[C@H](C=O)CC1. The van der Waals surface area contributed by atoms with Gasteiger partial charge in [-0.25, -0.2) is 4.79 Å². The van der Waals surface area contributed by atoms with Gasteiger partial charge in [0.05, 0.1) is 0 Å². The van der Waals surface area contributed by atoms with Crippen LogP contribution in [-0.4, -0.2) is 34.0 Å². The third kappa shape index (κ3) is 2.97. The van der Waals surface area contributed by atoms with Crippen LogP contribution in [0.5, 0.6) is 0 Å². The molecular weight excluding hydrogens is 206 g/mol. The summed E-state index contributed by atoms with van der Waals surface area (Å²) >= 11 is 0. The first-order chi connectivity index (χ1) is 7.36. The molecule has 1 aliphatic rings. The van der Waals surface area contributed by atoms with Crippen molar-refractivity contribution < 1.29 is 14.7 Å². The van der Waals surface area contributed by atoms with Crippen LogP contribution in [0.25, 0.3) is 0 Å². The van der Waals surface area contributed by atoms with Crippen LogP contribution >= 0.6 is 0 Å². The standard InChI is InChI=1S/C12H21NO3/c1-12(2,3)13(11(15)16)10-6-4-9(8-14)5-7-10/h8-10H,4-7H2,1-3H3,(H,15,16)/t9-,10-. The van der Waals surface area contributed by atoms with E-state index in [-0.39, 0.29) is 17.5 Å². The first kappa shape index (κ1) is 13.0. The summed E-state index contributed by atoms with van der Waals surface area (Å²) in [6, 6.07) is 0.0636. The molecule has 0 bridgehead atoms. The van der Waals surface area contributed by atoms with Crippen molar-refractivity contribution in [2.45, 2.75) is 58.0 Å². The Labute approximate surface area is 96.6 Å². The number of rotatable bonds is 2. The van der Waals surface area contributed by atoms with E-state index >= 15 is 0 Å². The molecule has 0 radical (unpaired) electrons. The van der Waals surface area contributed by atoms with Gasteiger partial charge >= 0.3 is 6.09 Å². The predicted molar refractivity (Wildman–Crippen MR) is 61.4 cm³/mol. The molecule has 4 nitrogen and oxygen atoms in total. The first-order valence-corrected chi connectivity index (χ1v) is 5.84. The summed E-state index contributed by atoms with van der Waals surface area (Å²) in [6.45, 7) is 5.73. The second kappa shape index (κ2) is 4.85. The van der Waals surface area contributed by atoms with E-state index in [1.165, 1.54) is 4.90 Å². The summed E-state index contributed by atoms with van der Waals surface area (Å²) < 4.78 is 0. The average molecular weight is 227 g/mol. The normalized spacial score (nSPS) is 26.2. The second-order valence-corrected chi connectivity index (χ2v) is 5.53. The Morgan fingerprint density at radius 3 is 2.06 bits per heavy atom. The Morgan fingerprint density at radius 2 is 1.75 bits per heavy atom. The number of amides is 1. The molecule has 0 unspecified atom stereocenters. The van der Waals surface area contributed by atoms with E-state index in [0.29, 0.717) is 0 Å². The number of aldehydes is 1. The highest BCUT2D eigenvalue weighted by Gasteiger charge is 2.35. The smallest absolute Gasteiger partial charge is 0.407 e. The second-order valence-electron chi connectivity index (χ2n) is 5.53. The van der Waals surface area contributed by atoms with Gasteiger partial charge in [0.15, 0.2) is 0 Å². The fourth-order valence-electron chi connectivity index (χ4n) is 2.49. The van der Waals surface area contributed by atoms with Gasteiger partial charge in [-0.05, 0) is 46.5 Å². The maximum absolute atomic E-state index is 11.3. The number of carboxylic acid groups (broad SMARTS) is 1. The minimum Gasteiger partial charge on any atom is -0.465 e. The van der Waals surface area contributed by atoms with E-state index in [0.717, 1.165) is 32.0 Å². The summed E-state index contributed by atoms with van der Waals surface area (Å²) in [4.78, 5) is 23.4. The van der Waals surface area contributed by atoms with Crippen molar-refractivity contribution in [2.75, 3.05) is 0 Å². The Morgan fingerprint density at radius 1 is 1.25 bits per heavy atom. The molecule has 0 spiro atoms. The molecule has 16 heavy (non-hydrogen) atoms. The van der Waals surface area contributed by atoms with E-state index in [1.807, 2.05) is 20.8 Å². The molecule has 0 atom stereocenters. The van der Waals surface area contributed by atoms with Gasteiger partial charge in [0.25, 0.3) is 0 Å². The van der Waals surface area contributed by atoms with Crippen molar-refractivity contribution in [3.05, 3.63) is 0 Å². The lowest BCUT2D eigenvalue weighted by Crippen LogP contribution is -2.52. The molecule has 0 aromatic carbocycles. The van der Waals surface area contributed by atoms with Gasteiger partial charge in [0.1, 0.15) is 6.29 Å². The summed E-state index contributed by atoms with van der Waals surface area (Å²) in [6.07, 6.45) is 3.36. The molecule has 92 valence electrons. The Balaban J connectivity index is 2.68. The van der Waals surface area contributed by atoms with Crippen LogP contribution in [0.4, 0.5) is 4.79 Å². The fourth-order valence-corrected chi connectivity index (χ4v) is 2.49. The largest absolute Gasteiger partial charge is 0.465 e. The van der Waals surface area contributed by atoms with Gasteiger partial charge in [-0.3, -0.25) is 0 Å². The van der Waals surface area contributed by atoms with Crippen LogP contribution in [0.15, 0.2) is 0 Å². The molecule has 1 fully saturated rings. The third-order valence-corrected chi connectivity index (χ3v) is 3.23. The number of carbonyl (C=O) groups excluding carboxylic acids is 1. The van der Waals surface area contributed by atoms with Crippen LogP contribution in [0.3, 0.4) is 0 Å². The first-order valence-electron chi connectivity index (χ1n) is 5.84. The molecule has 1 amide bonds. The molecule has 1 saturated carbocycles. The van der Waals surface area contributed by atoms with Crippen LogP contribution in [0.1, 0.15) is 46.5 Å². The number of carbonyl (C=O) groups is 2. The highest BCUT2D eigenvalue weighted by molar-refractivity contribution is 5.66. The van der Waals surface area contributed by atoms with Crippen molar-refractivity contribution in [2.24, 2.45) is 5.92 Å². The molecule has 0 aromatic rings. The molecule has 0 heterocycles. The van der Waals surface area contributed by atoms with Crippen LogP contribution in [0.2, 0.25) is 0 Å². The zero-order valence-electron chi connectivity index (χ0n) is 10.3. The molecule has 1 N–H and O–H groups in total. The van der Waals surface area contributed by atoms with E-state index in [2.05, 4.69) is 0 Å². The van der Waals surface area contributed by atoms with Crippen molar-refractivity contribution in [1.29, 1.82) is 0 Å². The van der Waals surface area contributed by atoms with Crippen LogP contribution in [-0.2, 0) is 4.79 Å². The quantitative estimate of drug-likeness (QED) is 0.737. The highest BCUT2D eigenvalue weighted by atomic mass is 16.4. The van der Waals surface area contributed by atoms with Gasteiger partial charge < -0.3 is 14.8 Å². The van der Waals surface area contributed by atoms with E-state index < -0.39 is 6.09 Å². The molecule has 0 aromatic heterocycles. The zero-order chi connectivity index (χ0) is 12.3. The molecule has 1 rings (SSSR count). The van der Waals surface area contributed by atoms with Gasteiger partial charge in [-0.1, -0.05) is 0 Å². The fraction of sp³-hybridized carbons (Fsp3) is 0.833. The minimum absolute atomic E-state index is 0.0636. The molecular formula is C12H21NO3. The van der Waals surface area contributed by atoms with Crippen molar-refractivity contribution >= 4 is 12.4 Å². The third-order valence-electron chi connectivity index (χ3n) is 3.23. The highest BCUT2D eigenvalue weighted by Crippen LogP contribution is 2.30. The van der Waals surface area contributed by atoms with Gasteiger partial charge in [0.2, 0.25) is 0 Å².